The number of anilines is 1. The summed E-state index contributed by atoms with van der Waals surface area (Å²) in [6.07, 6.45) is 4.67. The van der Waals surface area contributed by atoms with Crippen molar-refractivity contribution in [3.63, 3.8) is 0 Å². The van der Waals surface area contributed by atoms with Crippen LogP contribution < -0.4 is 10.1 Å². The Hall–Kier alpha value is -3.66. The molecule has 37 heavy (non-hydrogen) atoms. The van der Waals surface area contributed by atoms with Gasteiger partial charge in [-0.25, -0.2) is 9.59 Å². The molecule has 2 aromatic carbocycles. The zero-order valence-corrected chi connectivity index (χ0v) is 21.6. The first-order chi connectivity index (χ1) is 17.8. The molecular formula is C27H37N3O7. The predicted molar refractivity (Wildman–Crippen MR) is 141 cm³/mol. The van der Waals surface area contributed by atoms with E-state index in [4.69, 9.17) is 9.47 Å². The number of carbonyl (C=O) groups excluding carboxylic acids is 1. The van der Waals surface area contributed by atoms with Gasteiger partial charge in [-0.3, -0.25) is 10.1 Å². The van der Waals surface area contributed by atoms with Gasteiger partial charge in [-0.15, -0.1) is 0 Å². The van der Waals surface area contributed by atoms with Crippen molar-refractivity contribution < 1.29 is 29.1 Å². The molecule has 0 aliphatic rings. The normalized spacial score (nSPS) is 11.5. The highest BCUT2D eigenvalue weighted by Gasteiger charge is 2.18. The lowest BCUT2D eigenvalue weighted by Gasteiger charge is -2.23. The first-order valence-electron chi connectivity index (χ1n) is 12.7. The maximum atomic E-state index is 12.9. The number of carbonyl (C=O) groups is 2. The lowest BCUT2D eigenvalue weighted by Crippen LogP contribution is -2.38. The Morgan fingerprint density at radius 3 is 2.27 bits per heavy atom. The lowest BCUT2D eigenvalue weighted by molar-refractivity contribution is -0.384. The van der Waals surface area contributed by atoms with Crippen LogP contribution in [-0.4, -0.2) is 59.3 Å². The third kappa shape index (κ3) is 10.9. The number of nitro benzene ring substituents is 1. The molecule has 2 amide bonds. The van der Waals surface area contributed by atoms with Crippen molar-refractivity contribution >= 4 is 23.4 Å². The Bertz CT molecular complexity index is 980. The lowest BCUT2D eigenvalue weighted by atomic mass is 10.1. The van der Waals surface area contributed by atoms with Crippen molar-refractivity contribution in [3.05, 3.63) is 64.2 Å². The summed E-state index contributed by atoms with van der Waals surface area (Å²) in [4.78, 5) is 36.3. The van der Waals surface area contributed by atoms with Crippen molar-refractivity contribution in [1.29, 1.82) is 0 Å². The van der Waals surface area contributed by atoms with Crippen LogP contribution in [0.25, 0.3) is 0 Å². The summed E-state index contributed by atoms with van der Waals surface area (Å²) in [5, 5.41) is 22.9. The fraction of sp³-hybridized carbons (Fsp3) is 0.481. The Morgan fingerprint density at radius 1 is 1.00 bits per heavy atom. The number of urea groups is 1. The van der Waals surface area contributed by atoms with E-state index in [2.05, 4.69) is 12.2 Å². The topological polar surface area (TPSA) is 131 Å². The van der Waals surface area contributed by atoms with E-state index in [1.807, 2.05) is 0 Å². The van der Waals surface area contributed by atoms with Gasteiger partial charge in [-0.05, 0) is 43.2 Å². The van der Waals surface area contributed by atoms with Crippen molar-refractivity contribution in [2.24, 2.45) is 0 Å². The fourth-order valence-corrected chi connectivity index (χ4v) is 3.72. The van der Waals surface area contributed by atoms with E-state index in [-0.39, 0.29) is 24.7 Å². The van der Waals surface area contributed by atoms with Crippen LogP contribution in [-0.2, 0) is 16.0 Å². The minimum absolute atomic E-state index is 0.0402. The quantitative estimate of drug-likeness (QED) is 0.161. The number of hydrogen-bond donors (Lipinski definition) is 2. The molecule has 10 heteroatoms. The van der Waals surface area contributed by atoms with Gasteiger partial charge < -0.3 is 24.8 Å². The molecule has 202 valence electrons. The summed E-state index contributed by atoms with van der Waals surface area (Å²) >= 11 is 0. The van der Waals surface area contributed by atoms with Crippen LogP contribution in [0.1, 0.15) is 51.5 Å². The molecule has 0 saturated carbocycles. The molecule has 2 aromatic rings. The number of nitrogens with zero attached hydrogens (tertiary/aromatic N) is 2. The van der Waals surface area contributed by atoms with Gasteiger partial charge >= 0.3 is 12.0 Å². The van der Waals surface area contributed by atoms with Gasteiger partial charge in [0, 0.05) is 37.4 Å². The van der Waals surface area contributed by atoms with Gasteiger partial charge in [0.1, 0.15) is 12.4 Å². The summed E-state index contributed by atoms with van der Waals surface area (Å²) in [5.74, 6) is -0.380. The van der Waals surface area contributed by atoms with E-state index in [0.29, 0.717) is 31.1 Å². The van der Waals surface area contributed by atoms with Crippen LogP contribution in [0.3, 0.4) is 0 Å². The highest BCUT2D eigenvalue weighted by Crippen LogP contribution is 2.17. The summed E-state index contributed by atoms with van der Waals surface area (Å²) < 4.78 is 11.1. The highest BCUT2D eigenvalue weighted by molar-refractivity contribution is 5.89. The molecule has 0 spiro atoms. The summed E-state index contributed by atoms with van der Waals surface area (Å²) in [5.41, 5.74) is 1.26. The molecule has 1 atom stereocenters. The Labute approximate surface area is 217 Å². The maximum Gasteiger partial charge on any atom is 0.333 e. The molecule has 0 heterocycles. The smallest absolute Gasteiger partial charge is 0.333 e. The van der Waals surface area contributed by atoms with Crippen molar-refractivity contribution in [1.82, 2.24) is 4.90 Å². The number of nitro groups is 1. The third-order valence-electron chi connectivity index (χ3n) is 5.77. The number of rotatable bonds is 17. The van der Waals surface area contributed by atoms with Gasteiger partial charge in [-0.1, -0.05) is 44.7 Å². The van der Waals surface area contributed by atoms with Crippen molar-refractivity contribution in [3.8, 4) is 5.75 Å². The van der Waals surface area contributed by atoms with Crippen LogP contribution in [0.15, 0.2) is 48.5 Å². The minimum atomic E-state index is -0.996. The monoisotopic (exact) mass is 515 g/mol. The SMILES string of the molecule is CCCCCCCN(CCOc1ccc(CC(OCC)C(=O)O)cc1)C(=O)Nc1ccc([N+](=O)[O-])cc1. The predicted octanol–water partition coefficient (Wildman–Crippen LogP) is 5.51. The van der Waals surface area contributed by atoms with Crippen LogP contribution in [0.5, 0.6) is 5.75 Å². The third-order valence-corrected chi connectivity index (χ3v) is 5.77. The standard InChI is InChI=1S/C27H37N3O7/c1-3-5-6-7-8-17-29(27(33)28-22-11-13-23(14-12-22)30(34)35)18-19-37-24-15-9-21(10-16-24)20-25(26(31)32)36-4-2/h9-16,25H,3-8,17-20H2,1-2H3,(H,28,33)(H,31,32). The molecule has 2 rings (SSSR count). The highest BCUT2D eigenvalue weighted by atomic mass is 16.6. The number of carboxylic acid groups (broad SMARTS) is 1. The second kappa shape index (κ2) is 16.2. The van der Waals surface area contributed by atoms with E-state index >= 15 is 0 Å². The Kier molecular flexibility index (Phi) is 12.9. The zero-order valence-electron chi connectivity index (χ0n) is 21.6. The number of benzene rings is 2. The average molecular weight is 516 g/mol. The van der Waals surface area contributed by atoms with Crippen molar-refractivity contribution in [2.75, 3.05) is 31.6 Å². The maximum absolute atomic E-state index is 12.9. The minimum Gasteiger partial charge on any atom is -0.492 e. The number of nitrogens with one attached hydrogen (secondary N) is 1. The molecule has 0 aromatic heterocycles. The van der Waals surface area contributed by atoms with Crippen LogP contribution >= 0.6 is 0 Å². The molecule has 0 radical (unpaired) electrons. The van der Waals surface area contributed by atoms with Crippen molar-refractivity contribution in [2.45, 2.75) is 58.5 Å². The summed E-state index contributed by atoms with van der Waals surface area (Å²) in [6, 6.07) is 12.6. The zero-order chi connectivity index (χ0) is 27.0. The molecule has 2 N–H and O–H groups in total. The van der Waals surface area contributed by atoms with E-state index < -0.39 is 17.0 Å². The number of non-ortho nitro benzene ring substituents is 1. The van der Waals surface area contributed by atoms with Gasteiger partial charge in [0.25, 0.3) is 5.69 Å². The number of aliphatic carboxylic acids is 1. The summed E-state index contributed by atoms with van der Waals surface area (Å²) in [7, 11) is 0. The first kappa shape index (κ1) is 29.6. The number of carboxylic acids is 1. The average Bonchev–Trinajstić information content (AvgIpc) is 2.88. The second-order valence-electron chi connectivity index (χ2n) is 8.61. The summed E-state index contributed by atoms with van der Waals surface area (Å²) in [6.45, 7) is 5.44. The fourth-order valence-electron chi connectivity index (χ4n) is 3.72. The molecule has 0 aliphatic carbocycles. The van der Waals surface area contributed by atoms with E-state index in [9.17, 15) is 24.8 Å². The van der Waals surface area contributed by atoms with Gasteiger partial charge in [0.15, 0.2) is 6.10 Å². The van der Waals surface area contributed by atoms with Crippen LogP contribution in [0.4, 0.5) is 16.2 Å². The molecule has 1 unspecified atom stereocenters. The molecule has 0 saturated heterocycles. The Balaban J connectivity index is 1.92. The van der Waals surface area contributed by atoms with Gasteiger partial charge in [0.05, 0.1) is 11.5 Å². The second-order valence-corrected chi connectivity index (χ2v) is 8.61. The number of ether oxygens (including phenoxy) is 2. The largest absolute Gasteiger partial charge is 0.492 e. The van der Waals surface area contributed by atoms with E-state index in [1.165, 1.54) is 24.3 Å². The molecule has 0 fully saturated rings. The van der Waals surface area contributed by atoms with Crippen LogP contribution in [0, 0.1) is 10.1 Å². The van der Waals surface area contributed by atoms with E-state index in [0.717, 1.165) is 37.7 Å². The molecule has 0 bridgehead atoms. The number of amides is 2. The van der Waals surface area contributed by atoms with E-state index in [1.54, 1.807) is 36.1 Å². The number of hydrogen-bond acceptors (Lipinski definition) is 6. The Morgan fingerprint density at radius 2 is 1.68 bits per heavy atom. The van der Waals surface area contributed by atoms with Gasteiger partial charge in [-0.2, -0.15) is 0 Å². The molecule has 10 nitrogen and oxygen atoms in total. The first-order valence-corrected chi connectivity index (χ1v) is 12.7. The van der Waals surface area contributed by atoms with Crippen LogP contribution in [0.2, 0.25) is 0 Å². The molecular weight excluding hydrogens is 478 g/mol. The van der Waals surface area contributed by atoms with Gasteiger partial charge in [0.2, 0.25) is 0 Å². The molecule has 0 aliphatic heterocycles. The number of unbranched alkanes of at least 4 members (excludes halogenated alkanes) is 4.